The highest BCUT2D eigenvalue weighted by atomic mass is 32.2. The average molecular weight is 302 g/mol. The fraction of sp³-hybridized carbons (Fsp3) is 0.273. The van der Waals surface area contributed by atoms with E-state index in [1.807, 2.05) is 4.72 Å². The smallest absolute Gasteiger partial charge is 0.411 e. The predicted molar refractivity (Wildman–Crippen MR) is 69.9 cm³/mol. The Kier molecular flexibility index (Phi) is 5.06. The fourth-order valence-electron chi connectivity index (χ4n) is 1.24. The first-order valence-corrected chi connectivity index (χ1v) is 6.95. The lowest BCUT2D eigenvalue weighted by Gasteiger charge is -2.10. The molecule has 0 fully saturated rings. The molecule has 110 valence electrons. The maximum absolute atomic E-state index is 11.9. The highest BCUT2D eigenvalue weighted by Crippen LogP contribution is 2.14. The largest absolute Gasteiger partial charge is 0.480 e. The van der Waals surface area contributed by atoms with Crippen LogP contribution in [0.2, 0.25) is 0 Å². The number of carbonyl (C=O) groups is 2. The van der Waals surface area contributed by atoms with Gasteiger partial charge in [-0.05, 0) is 31.2 Å². The minimum Gasteiger partial charge on any atom is -0.480 e. The molecule has 0 saturated heterocycles. The lowest BCUT2D eigenvalue weighted by Crippen LogP contribution is -2.38. The lowest BCUT2D eigenvalue weighted by atomic mass is 10.3. The highest BCUT2D eigenvalue weighted by molar-refractivity contribution is 7.89. The van der Waals surface area contributed by atoms with Gasteiger partial charge in [0, 0.05) is 5.69 Å². The zero-order valence-corrected chi connectivity index (χ0v) is 11.6. The second-order valence-corrected chi connectivity index (χ2v) is 5.54. The van der Waals surface area contributed by atoms with Gasteiger partial charge in [-0.25, -0.2) is 13.2 Å². The monoisotopic (exact) mass is 302 g/mol. The summed E-state index contributed by atoms with van der Waals surface area (Å²) in [5, 5.41) is 11.0. The zero-order valence-electron chi connectivity index (χ0n) is 10.8. The summed E-state index contributed by atoms with van der Waals surface area (Å²) in [5.41, 5.74) is 0.349. The molecule has 0 aliphatic heterocycles. The maximum atomic E-state index is 11.9. The molecular weight excluding hydrogens is 288 g/mol. The molecule has 1 rings (SSSR count). The van der Waals surface area contributed by atoms with Crippen LogP contribution in [0, 0.1) is 0 Å². The third kappa shape index (κ3) is 4.21. The molecule has 20 heavy (non-hydrogen) atoms. The van der Waals surface area contributed by atoms with Gasteiger partial charge in [0.2, 0.25) is 10.0 Å². The molecule has 9 heteroatoms. The molecular formula is C11H14N2O6S. The summed E-state index contributed by atoms with van der Waals surface area (Å²) in [6.45, 7) is 1.22. The molecule has 0 heterocycles. The topological polar surface area (TPSA) is 122 Å². The Morgan fingerprint density at radius 2 is 1.80 bits per heavy atom. The Morgan fingerprint density at radius 1 is 1.25 bits per heavy atom. The van der Waals surface area contributed by atoms with Crippen LogP contribution in [0.3, 0.4) is 0 Å². The molecule has 3 N–H and O–H groups in total. The van der Waals surface area contributed by atoms with Gasteiger partial charge in [0.15, 0.2) is 0 Å². The van der Waals surface area contributed by atoms with Gasteiger partial charge in [0.05, 0.1) is 12.0 Å². The number of benzene rings is 1. The second kappa shape index (κ2) is 6.35. The number of nitrogens with one attached hydrogen (secondary N) is 2. The first kappa shape index (κ1) is 15.9. The van der Waals surface area contributed by atoms with Crippen LogP contribution in [0.5, 0.6) is 0 Å². The Labute approximate surface area is 115 Å². The van der Waals surface area contributed by atoms with Crippen molar-refractivity contribution in [3.05, 3.63) is 24.3 Å². The van der Waals surface area contributed by atoms with E-state index in [1.165, 1.54) is 38.3 Å². The summed E-state index contributed by atoms with van der Waals surface area (Å²) in [6, 6.07) is 3.95. The van der Waals surface area contributed by atoms with Crippen molar-refractivity contribution in [3.63, 3.8) is 0 Å². The first-order valence-electron chi connectivity index (χ1n) is 5.46. The normalized spacial score (nSPS) is 12.5. The van der Waals surface area contributed by atoms with E-state index in [9.17, 15) is 18.0 Å². The zero-order chi connectivity index (χ0) is 15.3. The number of methoxy groups -OCH3 is 1. The Hall–Kier alpha value is -2.13. The van der Waals surface area contributed by atoms with Gasteiger partial charge in [0.25, 0.3) is 0 Å². The van der Waals surface area contributed by atoms with Crippen molar-refractivity contribution < 1.29 is 27.9 Å². The molecule has 0 bridgehead atoms. The van der Waals surface area contributed by atoms with Crippen molar-refractivity contribution in [3.8, 4) is 0 Å². The van der Waals surface area contributed by atoms with Gasteiger partial charge in [-0.1, -0.05) is 0 Å². The molecule has 1 aromatic carbocycles. The van der Waals surface area contributed by atoms with Gasteiger partial charge >= 0.3 is 12.1 Å². The number of carboxylic acids is 1. The molecule has 1 atom stereocenters. The molecule has 0 aliphatic carbocycles. The molecule has 0 saturated carbocycles. The number of hydrogen-bond acceptors (Lipinski definition) is 5. The number of rotatable bonds is 5. The van der Waals surface area contributed by atoms with E-state index in [0.29, 0.717) is 5.69 Å². The van der Waals surface area contributed by atoms with Crippen LogP contribution < -0.4 is 10.0 Å². The van der Waals surface area contributed by atoms with Crippen molar-refractivity contribution in [1.82, 2.24) is 4.72 Å². The number of hydrogen-bond donors (Lipinski definition) is 3. The van der Waals surface area contributed by atoms with Gasteiger partial charge in [-0.3, -0.25) is 10.1 Å². The van der Waals surface area contributed by atoms with E-state index in [1.54, 1.807) is 0 Å². The van der Waals surface area contributed by atoms with Crippen LogP contribution in [-0.2, 0) is 19.6 Å². The minimum absolute atomic E-state index is 0.110. The molecule has 1 amide bonds. The van der Waals surface area contributed by atoms with E-state index in [2.05, 4.69) is 10.1 Å². The van der Waals surface area contributed by atoms with Crippen LogP contribution in [-0.4, -0.2) is 38.7 Å². The molecule has 0 unspecified atom stereocenters. The Bertz CT molecular complexity index is 596. The number of sulfonamides is 1. The molecule has 1 aromatic rings. The lowest BCUT2D eigenvalue weighted by molar-refractivity contribution is -0.138. The van der Waals surface area contributed by atoms with Crippen LogP contribution in [0.4, 0.5) is 10.5 Å². The van der Waals surface area contributed by atoms with E-state index in [4.69, 9.17) is 5.11 Å². The summed E-state index contributed by atoms with van der Waals surface area (Å²) in [7, 11) is -2.73. The molecule has 8 nitrogen and oxygen atoms in total. The standard InChI is InChI=1S/C11H14N2O6S/c1-7(10(14)15)13-20(17,18)9-5-3-8(4-6-9)12-11(16)19-2/h3-7,13H,1-2H3,(H,12,16)(H,14,15)/t7-/m1/s1. The molecule has 0 spiro atoms. The quantitative estimate of drug-likeness (QED) is 0.732. The van der Waals surface area contributed by atoms with Crippen LogP contribution >= 0.6 is 0 Å². The van der Waals surface area contributed by atoms with Crippen molar-refractivity contribution in [2.45, 2.75) is 17.9 Å². The summed E-state index contributed by atoms with van der Waals surface area (Å²) in [4.78, 5) is 21.5. The highest BCUT2D eigenvalue weighted by Gasteiger charge is 2.21. The number of amides is 1. The third-order valence-electron chi connectivity index (χ3n) is 2.30. The van der Waals surface area contributed by atoms with Gasteiger partial charge in [-0.2, -0.15) is 4.72 Å². The van der Waals surface area contributed by atoms with E-state index in [0.717, 1.165) is 0 Å². The number of carbonyl (C=O) groups excluding carboxylic acids is 1. The third-order valence-corrected chi connectivity index (χ3v) is 3.86. The fourth-order valence-corrected chi connectivity index (χ4v) is 2.43. The molecule has 0 radical (unpaired) electrons. The predicted octanol–water partition coefficient (Wildman–Crippen LogP) is 0.616. The number of carboxylic acid groups (broad SMARTS) is 1. The second-order valence-electron chi connectivity index (χ2n) is 3.82. The summed E-state index contributed by atoms with van der Waals surface area (Å²) >= 11 is 0. The summed E-state index contributed by atoms with van der Waals surface area (Å²) < 4.78 is 30.1. The van der Waals surface area contributed by atoms with Gasteiger partial charge in [-0.15, -0.1) is 0 Å². The van der Waals surface area contributed by atoms with Crippen molar-refractivity contribution in [1.29, 1.82) is 0 Å². The molecule has 0 aromatic heterocycles. The number of aliphatic carboxylic acids is 1. The van der Waals surface area contributed by atoms with Crippen LogP contribution in [0.1, 0.15) is 6.92 Å². The minimum atomic E-state index is -3.93. The SMILES string of the molecule is COC(=O)Nc1ccc(S(=O)(=O)N[C@H](C)C(=O)O)cc1. The summed E-state index contributed by atoms with van der Waals surface area (Å²) in [5.74, 6) is -1.28. The van der Waals surface area contributed by atoms with Crippen LogP contribution in [0.25, 0.3) is 0 Å². The Balaban J connectivity index is 2.87. The van der Waals surface area contributed by atoms with E-state index >= 15 is 0 Å². The van der Waals surface area contributed by atoms with Gasteiger partial charge in [0.1, 0.15) is 6.04 Å². The first-order chi connectivity index (χ1) is 9.26. The van der Waals surface area contributed by atoms with E-state index < -0.39 is 28.1 Å². The summed E-state index contributed by atoms with van der Waals surface area (Å²) in [6.07, 6.45) is -0.682. The van der Waals surface area contributed by atoms with E-state index in [-0.39, 0.29) is 4.90 Å². The number of anilines is 1. The van der Waals surface area contributed by atoms with Crippen molar-refractivity contribution in [2.24, 2.45) is 0 Å². The van der Waals surface area contributed by atoms with Crippen LogP contribution in [0.15, 0.2) is 29.2 Å². The van der Waals surface area contributed by atoms with Crippen molar-refractivity contribution in [2.75, 3.05) is 12.4 Å². The van der Waals surface area contributed by atoms with Gasteiger partial charge < -0.3 is 9.84 Å². The Morgan fingerprint density at radius 3 is 2.25 bits per heavy atom. The molecule has 0 aliphatic rings. The van der Waals surface area contributed by atoms with Crippen molar-refractivity contribution >= 4 is 27.8 Å². The maximum Gasteiger partial charge on any atom is 0.411 e. The average Bonchev–Trinajstić information content (AvgIpc) is 2.38. The number of ether oxygens (including phenoxy) is 1.